The molecule has 0 aromatic heterocycles. The Kier molecular flexibility index (Phi) is 3.92. The Labute approximate surface area is 83.2 Å². The van der Waals surface area contributed by atoms with Crippen LogP contribution in [0.4, 0.5) is 0 Å². The molecule has 1 fully saturated rings. The van der Waals surface area contributed by atoms with Gasteiger partial charge < -0.3 is 9.84 Å². The maximum absolute atomic E-state index is 11.3. The van der Waals surface area contributed by atoms with Gasteiger partial charge in [0, 0.05) is 0 Å². The van der Waals surface area contributed by atoms with E-state index < -0.39 is 5.97 Å². The Morgan fingerprint density at radius 3 is 2.14 bits per heavy atom. The fourth-order valence-electron chi connectivity index (χ4n) is 1.84. The molecule has 0 radical (unpaired) electrons. The number of ether oxygens (including phenoxy) is 1. The van der Waals surface area contributed by atoms with Crippen molar-refractivity contribution in [2.75, 3.05) is 6.61 Å². The van der Waals surface area contributed by atoms with Gasteiger partial charge in [0.1, 0.15) is 0 Å². The zero-order valence-corrected chi connectivity index (χ0v) is 8.36. The van der Waals surface area contributed by atoms with E-state index in [4.69, 9.17) is 9.84 Å². The molecule has 0 aromatic carbocycles. The molecule has 0 bridgehead atoms. The van der Waals surface area contributed by atoms with Gasteiger partial charge in [-0.05, 0) is 32.6 Å². The van der Waals surface area contributed by atoms with Gasteiger partial charge in [-0.2, -0.15) is 0 Å². The van der Waals surface area contributed by atoms with Crippen LogP contribution in [0.25, 0.3) is 0 Å². The molecule has 0 saturated heterocycles. The Hall–Kier alpha value is -1.06. The van der Waals surface area contributed by atoms with Gasteiger partial charge >= 0.3 is 11.9 Å². The van der Waals surface area contributed by atoms with Gasteiger partial charge in [0.15, 0.2) is 0 Å². The highest BCUT2D eigenvalue weighted by Gasteiger charge is 2.30. The van der Waals surface area contributed by atoms with Crippen molar-refractivity contribution in [2.45, 2.75) is 32.6 Å². The summed E-state index contributed by atoms with van der Waals surface area (Å²) in [7, 11) is 0. The van der Waals surface area contributed by atoms with E-state index in [-0.39, 0.29) is 17.8 Å². The van der Waals surface area contributed by atoms with Crippen LogP contribution in [0.2, 0.25) is 0 Å². The number of carboxylic acids is 1. The van der Waals surface area contributed by atoms with Gasteiger partial charge in [0.05, 0.1) is 18.4 Å². The summed E-state index contributed by atoms with van der Waals surface area (Å²) in [6.07, 6.45) is 2.49. The fourth-order valence-corrected chi connectivity index (χ4v) is 1.84. The monoisotopic (exact) mass is 200 g/mol. The van der Waals surface area contributed by atoms with Crippen molar-refractivity contribution in [1.82, 2.24) is 0 Å². The maximum Gasteiger partial charge on any atom is 0.308 e. The standard InChI is InChI=1S/C10H16O4/c1-2-14-10(13)8-5-3-7(4-6-8)9(11)12/h7-8H,2-6H2,1H3,(H,11,12)/t7-,8-. The van der Waals surface area contributed by atoms with Crippen molar-refractivity contribution in [1.29, 1.82) is 0 Å². The number of hydrogen-bond donors (Lipinski definition) is 1. The summed E-state index contributed by atoms with van der Waals surface area (Å²) in [6.45, 7) is 2.18. The van der Waals surface area contributed by atoms with Crippen molar-refractivity contribution in [3.63, 3.8) is 0 Å². The number of esters is 1. The average Bonchev–Trinajstić information content (AvgIpc) is 2.18. The van der Waals surface area contributed by atoms with Crippen LogP contribution in [0.15, 0.2) is 0 Å². The number of hydrogen-bond acceptors (Lipinski definition) is 3. The minimum absolute atomic E-state index is 0.0782. The van der Waals surface area contributed by atoms with E-state index in [2.05, 4.69) is 0 Å². The topological polar surface area (TPSA) is 63.6 Å². The molecule has 1 N–H and O–H groups in total. The molecule has 4 nitrogen and oxygen atoms in total. The largest absolute Gasteiger partial charge is 0.481 e. The van der Waals surface area contributed by atoms with Crippen molar-refractivity contribution >= 4 is 11.9 Å². The van der Waals surface area contributed by atoms with E-state index in [9.17, 15) is 9.59 Å². The van der Waals surface area contributed by atoms with Crippen molar-refractivity contribution in [3.8, 4) is 0 Å². The highest BCUT2D eigenvalue weighted by atomic mass is 16.5. The lowest BCUT2D eigenvalue weighted by Gasteiger charge is -2.24. The van der Waals surface area contributed by atoms with Crippen molar-refractivity contribution in [2.24, 2.45) is 11.8 Å². The molecule has 0 unspecified atom stereocenters. The van der Waals surface area contributed by atoms with Gasteiger partial charge in [-0.1, -0.05) is 0 Å². The lowest BCUT2D eigenvalue weighted by atomic mass is 9.82. The first kappa shape index (κ1) is 11.0. The summed E-state index contributed by atoms with van der Waals surface area (Å²) in [4.78, 5) is 21.9. The smallest absolute Gasteiger partial charge is 0.308 e. The van der Waals surface area contributed by atoms with Gasteiger partial charge in [0.2, 0.25) is 0 Å². The van der Waals surface area contributed by atoms with Crippen LogP contribution in [0.3, 0.4) is 0 Å². The van der Waals surface area contributed by atoms with Gasteiger partial charge in [0.25, 0.3) is 0 Å². The fraction of sp³-hybridized carbons (Fsp3) is 0.800. The number of carbonyl (C=O) groups excluding carboxylic acids is 1. The minimum atomic E-state index is -0.743. The highest BCUT2D eigenvalue weighted by Crippen LogP contribution is 2.29. The van der Waals surface area contributed by atoms with Crippen LogP contribution < -0.4 is 0 Å². The summed E-state index contributed by atoms with van der Waals surface area (Å²) in [6, 6.07) is 0. The van der Waals surface area contributed by atoms with Crippen LogP contribution in [-0.2, 0) is 14.3 Å². The predicted octanol–water partition coefficient (Wildman–Crippen LogP) is 1.44. The number of carboxylic acid groups (broad SMARTS) is 1. The molecule has 4 heteroatoms. The van der Waals surface area contributed by atoms with E-state index in [1.54, 1.807) is 6.92 Å². The normalized spacial score (nSPS) is 26.9. The zero-order valence-electron chi connectivity index (χ0n) is 8.36. The predicted molar refractivity (Wildman–Crippen MR) is 49.7 cm³/mol. The molecule has 0 heterocycles. The molecular formula is C10H16O4. The average molecular weight is 200 g/mol. The molecular weight excluding hydrogens is 184 g/mol. The van der Waals surface area contributed by atoms with Gasteiger partial charge in [-0.3, -0.25) is 9.59 Å². The summed E-state index contributed by atoms with van der Waals surface area (Å²) in [5.41, 5.74) is 0. The number of carbonyl (C=O) groups is 2. The van der Waals surface area contributed by atoms with E-state index >= 15 is 0 Å². The molecule has 1 saturated carbocycles. The molecule has 0 amide bonds. The van der Waals surface area contributed by atoms with Gasteiger partial charge in [-0.25, -0.2) is 0 Å². The van der Waals surface area contributed by atoms with Crippen LogP contribution in [0.5, 0.6) is 0 Å². The first-order valence-corrected chi connectivity index (χ1v) is 5.04. The van der Waals surface area contributed by atoms with Crippen molar-refractivity contribution < 1.29 is 19.4 Å². The molecule has 1 aliphatic rings. The number of aliphatic carboxylic acids is 1. The molecule has 0 aromatic rings. The SMILES string of the molecule is CCOC(=O)[C@H]1CC[C@H](C(=O)O)CC1. The lowest BCUT2D eigenvalue weighted by Crippen LogP contribution is -2.27. The Morgan fingerprint density at radius 2 is 1.71 bits per heavy atom. The van der Waals surface area contributed by atoms with Crippen molar-refractivity contribution in [3.05, 3.63) is 0 Å². The maximum atomic E-state index is 11.3. The van der Waals surface area contributed by atoms with E-state index in [0.29, 0.717) is 32.3 Å². The first-order valence-electron chi connectivity index (χ1n) is 5.04. The molecule has 1 rings (SSSR count). The number of rotatable bonds is 3. The molecule has 14 heavy (non-hydrogen) atoms. The van der Waals surface area contributed by atoms with Crippen LogP contribution in [0.1, 0.15) is 32.6 Å². The first-order chi connectivity index (χ1) is 6.65. The third-order valence-electron chi connectivity index (χ3n) is 2.70. The molecule has 80 valence electrons. The van der Waals surface area contributed by atoms with E-state index in [0.717, 1.165) is 0 Å². The van der Waals surface area contributed by atoms with Crippen LogP contribution in [-0.4, -0.2) is 23.7 Å². The Bertz CT molecular complexity index is 216. The quantitative estimate of drug-likeness (QED) is 0.700. The zero-order chi connectivity index (χ0) is 10.6. The van der Waals surface area contributed by atoms with E-state index in [1.807, 2.05) is 0 Å². The highest BCUT2D eigenvalue weighted by molar-refractivity contribution is 5.74. The Morgan fingerprint density at radius 1 is 1.21 bits per heavy atom. The molecule has 0 atom stereocenters. The summed E-state index contributed by atoms with van der Waals surface area (Å²) >= 11 is 0. The van der Waals surface area contributed by atoms with Gasteiger partial charge in [-0.15, -0.1) is 0 Å². The third kappa shape index (κ3) is 2.72. The molecule has 0 spiro atoms. The van der Waals surface area contributed by atoms with E-state index in [1.165, 1.54) is 0 Å². The second kappa shape index (κ2) is 4.98. The second-order valence-electron chi connectivity index (χ2n) is 3.64. The third-order valence-corrected chi connectivity index (χ3v) is 2.70. The van der Waals surface area contributed by atoms with Crippen LogP contribution in [0, 0.1) is 11.8 Å². The minimum Gasteiger partial charge on any atom is -0.481 e. The molecule has 0 aliphatic heterocycles. The summed E-state index contributed by atoms with van der Waals surface area (Å²) < 4.78 is 4.89. The van der Waals surface area contributed by atoms with Crippen LogP contribution >= 0.6 is 0 Å². The Balaban J connectivity index is 2.35. The lowest BCUT2D eigenvalue weighted by molar-refractivity contribution is -0.152. The molecule has 1 aliphatic carbocycles. The summed E-state index contributed by atoms with van der Waals surface area (Å²) in [5, 5.41) is 8.75. The summed E-state index contributed by atoms with van der Waals surface area (Å²) in [5.74, 6) is -1.25. The second-order valence-corrected chi connectivity index (χ2v) is 3.64.